The second-order valence-electron chi connectivity index (χ2n) is 7.01. The molecule has 0 bridgehead atoms. The fourth-order valence-electron chi connectivity index (χ4n) is 3.31. The van der Waals surface area contributed by atoms with Gasteiger partial charge in [-0.05, 0) is 35.9 Å². The van der Waals surface area contributed by atoms with Crippen molar-refractivity contribution in [2.75, 3.05) is 14.1 Å². The molecule has 2 heterocycles. The Morgan fingerprint density at radius 1 is 0.967 bits per heavy atom. The second-order valence-corrected chi connectivity index (χ2v) is 7.01. The van der Waals surface area contributed by atoms with Crippen molar-refractivity contribution >= 4 is 5.96 Å². The van der Waals surface area contributed by atoms with E-state index in [9.17, 15) is 0 Å². The van der Waals surface area contributed by atoms with Gasteiger partial charge < -0.3 is 10.2 Å². The number of para-hydroxylation sites is 1. The van der Waals surface area contributed by atoms with E-state index < -0.39 is 0 Å². The van der Waals surface area contributed by atoms with Crippen molar-refractivity contribution in [1.29, 1.82) is 0 Å². The van der Waals surface area contributed by atoms with Crippen molar-refractivity contribution in [1.82, 2.24) is 29.8 Å². The molecule has 0 aliphatic carbocycles. The van der Waals surface area contributed by atoms with E-state index in [1.54, 1.807) is 13.2 Å². The van der Waals surface area contributed by atoms with Gasteiger partial charge in [-0.25, -0.2) is 9.36 Å². The van der Waals surface area contributed by atoms with Crippen LogP contribution in [-0.2, 0) is 13.1 Å². The van der Waals surface area contributed by atoms with Crippen molar-refractivity contribution in [3.05, 3.63) is 96.6 Å². The maximum absolute atomic E-state index is 4.47. The van der Waals surface area contributed by atoms with Crippen LogP contribution in [0.2, 0.25) is 0 Å². The first-order valence-electron chi connectivity index (χ1n) is 9.82. The van der Waals surface area contributed by atoms with E-state index >= 15 is 0 Å². The number of nitrogens with one attached hydrogen (secondary N) is 1. The zero-order valence-electron chi connectivity index (χ0n) is 17.2. The Bertz CT molecular complexity index is 1100. The predicted octanol–water partition coefficient (Wildman–Crippen LogP) is 3.27. The minimum absolute atomic E-state index is 0.676. The zero-order valence-corrected chi connectivity index (χ0v) is 17.2. The van der Waals surface area contributed by atoms with E-state index in [1.807, 2.05) is 83.5 Å². The van der Waals surface area contributed by atoms with Crippen LogP contribution in [0.5, 0.6) is 0 Å². The van der Waals surface area contributed by atoms with Gasteiger partial charge in [-0.2, -0.15) is 10.2 Å². The number of aromatic nitrogens is 4. The molecule has 2 aromatic heterocycles. The lowest BCUT2D eigenvalue weighted by Crippen LogP contribution is -2.38. The fraction of sp³-hybridized carbons (Fsp3) is 0.174. The van der Waals surface area contributed by atoms with Gasteiger partial charge in [0.2, 0.25) is 0 Å². The minimum Gasteiger partial charge on any atom is -0.352 e. The highest BCUT2D eigenvalue weighted by Crippen LogP contribution is 2.11. The van der Waals surface area contributed by atoms with Gasteiger partial charge in [0, 0.05) is 51.3 Å². The summed E-state index contributed by atoms with van der Waals surface area (Å²) in [6.45, 7) is 1.38. The molecule has 2 aromatic carbocycles. The Kier molecular flexibility index (Phi) is 5.89. The van der Waals surface area contributed by atoms with E-state index in [0.717, 1.165) is 28.5 Å². The highest BCUT2D eigenvalue weighted by Gasteiger charge is 2.09. The Morgan fingerprint density at radius 3 is 2.57 bits per heavy atom. The Labute approximate surface area is 176 Å². The van der Waals surface area contributed by atoms with E-state index in [2.05, 4.69) is 37.5 Å². The lowest BCUT2D eigenvalue weighted by atomic mass is 10.2. The zero-order chi connectivity index (χ0) is 20.8. The standard InChI is InChI=1S/C23H25N7/c1-24-23(25-15-19-8-6-11-22(14-19)29-13-7-12-26-29)28(2)17-20-16-27-30(18-20)21-9-4-3-5-10-21/h3-14,16,18H,15,17H2,1-2H3,(H,24,25). The maximum Gasteiger partial charge on any atom is 0.193 e. The fourth-order valence-corrected chi connectivity index (χ4v) is 3.31. The summed E-state index contributed by atoms with van der Waals surface area (Å²) in [5.74, 6) is 0.826. The third-order valence-electron chi connectivity index (χ3n) is 4.78. The maximum atomic E-state index is 4.47. The van der Waals surface area contributed by atoms with E-state index in [4.69, 9.17) is 0 Å². The summed E-state index contributed by atoms with van der Waals surface area (Å²) in [5.41, 5.74) is 4.36. The summed E-state index contributed by atoms with van der Waals surface area (Å²) in [5, 5.41) is 12.2. The van der Waals surface area contributed by atoms with Crippen LogP contribution >= 0.6 is 0 Å². The highest BCUT2D eigenvalue weighted by molar-refractivity contribution is 5.79. The second kappa shape index (κ2) is 9.09. The van der Waals surface area contributed by atoms with Crippen LogP contribution in [0, 0.1) is 0 Å². The van der Waals surface area contributed by atoms with Gasteiger partial charge in [0.1, 0.15) is 0 Å². The van der Waals surface area contributed by atoms with Crippen LogP contribution in [0.15, 0.2) is 90.4 Å². The van der Waals surface area contributed by atoms with E-state index in [-0.39, 0.29) is 0 Å². The summed E-state index contributed by atoms with van der Waals surface area (Å²) in [4.78, 5) is 6.51. The van der Waals surface area contributed by atoms with E-state index in [0.29, 0.717) is 13.1 Å². The number of guanidine groups is 1. The molecule has 0 aliphatic heterocycles. The van der Waals surface area contributed by atoms with Gasteiger partial charge in [-0.3, -0.25) is 4.99 Å². The SMILES string of the molecule is CN=C(NCc1cccc(-n2cccn2)c1)N(C)Cc1cnn(-c2ccccc2)c1. The van der Waals surface area contributed by atoms with Crippen LogP contribution in [0.4, 0.5) is 0 Å². The third kappa shape index (κ3) is 4.57. The molecule has 1 N–H and O–H groups in total. The third-order valence-corrected chi connectivity index (χ3v) is 4.78. The molecule has 0 saturated heterocycles. The molecule has 152 valence electrons. The summed E-state index contributed by atoms with van der Waals surface area (Å²) < 4.78 is 3.75. The summed E-state index contributed by atoms with van der Waals surface area (Å²) in [6, 6.07) is 20.3. The Morgan fingerprint density at radius 2 is 1.80 bits per heavy atom. The van der Waals surface area contributed by atoms with Crippen LogP contribution in [0.3, 0.4) is 0 Å². The number of hydrogen-bond acceptors (Lipinski definition) is 3. The monoisotopic (exact) mass is 399 g/mol. The predicted molar refractivity (Wildman–Crippen MR) is 119 cm³/mol. The van der Waals surface area contributed by atoms with Gasteiger partial charge in [-0.1, -0.05) is 30.3 Å². The van der Waals surface area contributed by atoms with Crippen molar-refractivity contribution in [2.45, 2.75) is 13.1 Å². The highest BCUT2D eigenvalue weighted by atomic mass is 15.3. The van der Waals surface area contributed by atoms with Crippen LogP contribution < -0.4 is 5.32 Å². The first kappa shape index (κ1) is 19.4. The molecule has 0 atom stereocenters. The number of benzene rings is 2. The lowest BCUT2D eigenvalue weighted by Gasteiger charge is -2.21. The van der Waals surface area contributed by atoms with Gasteiger partial charge in [-0.15, -0.1) is 0 Å². The van der Waals surface area contributed by atoms with Crippen LogP contribution in [0.1, 0.15) is 11.1 Å². The number of nitrogens with zero attached hydrogens (tertiary/aromatic N) is 6. The van der Waals surface area contributed by atoms with Crippen molar-refractivity contribution in [3.8, 4) is 11.4 Å². The van der Waals surface area contributed by atoms with Crippen molar-refractivity contribution in [2.24, 2.45) is 4.99 Å². The number of rotatable bonds is 6. The molecule has 7 heteroatoms. The molecule has 7 nitrogen and oxygen atoms in total. The van der Waals surface area contributed by atoms with Gasteiger partial charge in [0.25, 0.3) is 0 Å². The number of hydrogen-bond donors (Lipinski definition) is 1. The molecule has 30 heavy (non-hydrogen) atoms. The van der Waals surface area contributed by atoms with Crippen LogP contribution in [0.25, 0.3) is 11.4 Å². The molecule has 0 saturated carbocycles. The molecule has 0 spiro atoms. The molecule has 4 rings (SSSR count). The normalized spacial score (nSPS) is 11.5. The van der Waals surface area contributed by atoms with Gasteiger partial charge >= 0.3 is 0 Å². The summed E-state index contributed by atoms with van der Waals surface area (Å²) >= 11 is 0. The first-order chi connectivity index (χ1) is 14.7. The van der Waals surface area contributed by atoms with Crippen molar-refractivity contribution in [3.63, 3.8) is 0 Å². The molecular weight excluding hydrogens is 374 g/mol. The summed E-state index contributed by atoms with van der Waals surface area (Å²) in [7, 11) is 3.82. The molecule has 0 fully saturated rings. The molecule has 0 amide bonds. The average molecular weight is 400 g/mol. The Balaban J connectivity index is 1.38. The van der Waals surface area contributed by atoms with Gasteiger partial charge in [0.05, 0.1) is 17.6 Å². The largest absolute Gasteiger partial charge is 0.352 e. The average Bonchev–Trinajstić information content (AvgIpc) is 3.48. The van der Waals surface area contributed by atoms with Crippen LogP contribution in [-0.4, -0.2) is 44.5 Å². The molecule has 0 radical (unpaired) electrons. The lowest BCUT2D eigenvalue weighted by molar-refractivity contribution is 0.476. The number of aliphatic imine (C=N–C) groups is 1. The minimum atomic E-state index is 0.676. The molecule has 4 aromatic rings. The summed E-state index contributed by atoms with van der Waals surface area (Å²) in [6.07, 6.45) is 7.66. The smallest absolute Gasteiger partial charge is 0.193 e. The molecule has 0 unspecified atom stereocenters. The van der Waals surface area contributed by atoms with Gasteiger partial charge in [0.15, 0.2) is 5.96 Å². The topological polar surface area (TPSA) is 63.3 Å². The molecular formula is C23H25N7. The van der Waals surface area contributed by atoms with Crippen molar-refractivity contribution < 1.29 is 0 Å². The quantitative estimate of drug-likeness (QED) is 0.399. The first-order valence-corrected chi connectivity index (χ1v) is 9.82. The van der Waals surface area contributed by atoms with E-state index in [1.165, 1.54) is 0 Å². The molecule has 0 aliphatic rings. The Hall–Kier alpha value is -3.87.